The van der Waals surface area contributed by atoms with E-state index in [-0.39, 0.29) is 28.8 Å². The first kappa shape index (κ1) is 26.8. The standard InChI is InChI=1S/C28H33ClN2O3S/c1-20-11-14-25(17-21(20)2)31(35(33,34)26-15-12-24(29)13-16-26)19-27(32)30-22(3)18-28(4,5)23-9-7-6-8-10-23/h6-17,22H,18-19H2,1-5H3,(H,30,32). The highest BCUT2D eigenvalue weighted by Crippen LogP contribution is 2.29. The predicted molar refractivity (Wildman–Crippen MR) is 144 cm³/mol. The van der Waals surface area contributed by atoms with E-state index in [1.54, 1.807) is 12.1 Å². The van der Waals surface area contributed by atoms with Crippen LogP contribution < -0.4 is 9.62 Å². The molecule has 0 radical (unpaired) electrons. The number of rotatable bonds is 9. The van der Waals surface area contributed by atoms with Crippen LogP contribution in [0.5, 0.6) is 0 Å². The Balaban J connectivity index is 1.83. The maximum atomic E-state index is 13.6. The van der Waals surface area contributed by atoms with Gasteiger partial charge in [-0.3, -0.25) is 9.10 Å². The third-order valence-corrected chi connectivity index (χ3v) is 8.29. The van der Waals surface area contributed by atoms with Gasteiger partial charge in [-0.25, -0.2) is 8.42 Å². The van der Waals surface area contributed by atoms with Crippen molar-refractivity contribution in [3.8, 4) is 0 Å². The number of nitrogens with zero attached hydrogens (tertiary/aromatic N) is 1. The summed E-state index contributed by atoms with van der Waals surface area (Å²) in [6, 6.07) is 21.3. The summed E-state index contributed by atoms with van der Waals surface area (Å²) in [4.78, 5) is 13.2. The molecule has 3 aromatic rings. The van der Waals surface area contributed by atoms with E-state index in [9.17, 15) is 13.2 Å². The van der Waals surface area contributed by atoms with Crippen LogP contribution in [-0.2, 0) is 20.2 Å². The first-order valence-corrected chi connectivity index (χ1v) is 13.4. The van der Waals surface area contributed by atoms with Crippen LogP contribution in [0.3, 0.4) is 0 Å². The lowest BCUT2D eigenvalue weighted by molar-refractivity contribution is -0.120. The second-order valence-electron chi connectivity index (χ2n) is 9.66. The van der Waals surface area contributed by atoms with Gasteiger partial charge >= 0.3 is 0 Å². The number of amides is 1. The number of aryl methyl sites for hydroxylation is 2. The van der Waals surface area contributed by atoms with Crippen LogP contribution in [0.15, 0.2) is 77.7 Å². The molecule has 0 aliphatic carbocycles. The van der Waals surface area contributed by atoms with Crippen LogP contribution in [0.2, 0.25) is 5.02 Å². The Morgan fingerprint density at radius 2 is 1.60 bits per heavy atom. The molecule has 0 saturated carbocycles. The molecule has 5 nitrogen and oxygen atoms in total. The molecule has 186 valence electrons. The van der Waals surface area contributed by atoms with E-state index < -0.39 is 10.0 Å². The van der Waals surface area contributed by atoms with E-state index in [0.29, 0.717) is 17.1 Å². The molecule has 0 aromatic heterocycles. The fourth-order valence-electron chi connectivity index (χ4n) is 4.20. The van der Waals surface area contributed by atoms with Gasteiger partial charge in [0.2, 0.25) is 5.91 Å². The Labute approximate surface area is 214 Å². The zero-order valence-corrected chi connectivity index (χ0v) is 22.5. The van der Waals surface area contributed by atoms with Gasteiger partial charge in [0.1, 0.15) is 6.54 Å². The number of carbonyl (C=O) groups is 1. The minimum atomic E-state index is -4.00. The lowest BCUT2D eigenvalue weighted by atomic mass is 9.79. The first-order valence-electron chi connectivity index (χ1n) is 11.6. The molecule has 0 heterocycles. The molecular weight excluding hydrogens is 480 g/mol. The third kappa shape index (κ3) is 6.65. The summed E-state index contributed by atoms with van der Waals surface area (Å²) >= 11 is 5.96. The monoisotopic (exact) mass is 512 g/mol. The van der Waals surface area contributed by atoms with Crippen molar-refractivity contribution in [1.29, 1.82) is 0 Å². The van der Waals surface area contributed by atoms with E-state index in [4.69, 9.17) is 11.6 Å². The quantitative estimate of drug-likeness (QED) is 0.381. The fraction of sp³-hybridized carbons (Fsp3) is 0.321. The molecule has 3 aromatic carbocycles. The SMILES string of the molecule is Cc1ccc(N(CC(=O)NC(C)CC(C)(C)c2ccccc2)S(=O)(=O)c2ccc(Cl)cc2)cc1C. The summed E-state index contributed by atoms with van der Waals surface area (Å²) in [5, 5.41) is 3.44. The summed E-state index contributed by atoms with van der Waals surface area (Å²) in [7, 11) is -4.00. The van der Waals surface area contributed by atoms with Crippen molar-refractivity contribution in [1.82, 2.24) is 5.32 Å². The normalized spacial score (nSPS) is 12.7. The van der Waals surface area contributed by atoms with Crippen molar-refractivity contribution >= 4 is 33.2 Å². The minimum absolute atomic E-state index is 0.0752. The zero-order chi connectivity index (χ0) is 25.8. The van der Waals surface area contributed by atoms with Gasteiger partial charge in [0.15, 0.2) is 0 Å². The topological polar surface area (TPSA) is 66.5 Å². The molecule has 0 fully saturated rings. The maximum Gasteiger partial charge on any atom is 0.264 e. The maximum absolute atomic E-state index is 13.6. The average Bonchev–Trinajstić information content (AvgIpc) is 2.80. The number of benzene rings is 3. The number of hydrogen-bond donors (Lipinski definition) is 1. The highest BCUT2D eigenvalue weighted by molar-refractivity contribution is 7.92. The van der Waals surface area contributed by atoms with Crippen LogP contribution >= 0.6 is 11.6 Å². The van der Waals surface area contributed by atoms with Gasteiger partial charge in [-0.15, -0.1) is 0 Å². The average molecular weight is 513 g/mol. The molecule has 0 aliphatic rings. The zero-order valence-electron chi connectivity index (χ0n) is 20.9. The Kier molecular flexibility index (Phi) is 8.29. The Morgan fingerprint density at radius 1 is 0.971 bits per heavy atom. The van der Waals surface area contributed by atoms with Gasteiger partial charge < -0.3 is 5.32 Å². The van der Waals surface area contributed by atoms with E-state index in [0.717, 1.165) is 15.4 Å². The molecule has 0 spiro atoms. The van der Waals surface area contributed by atoms with Gasteiger partial charge in [0.25, 0.3) is 10.0 Å². The molecule has 35 heavy (non-hydrogen) atoms. The number of hydrogen-bond acceptors (Lipinski definition) is 3. The van der Waals surface area contributed by atoms with Crippen molar-refractivity contribution in [3.05, 3.63) is 94.5 Å². The highest BCUT2D eigenvalue weighted by atomic mass is 35.5. The second-order valence-corrected chi connectivity index (χ2v) is 12.0. The molecule has 0 saturated heterocycles. The van der Waals surface area contributed by atoms with E-state index >= 15 is 0 Å². The fourth-order valence-corrected chi connectivity index (χ4v) is 5.74. The largest absolute Gasteiger partial charge is 0.352 e. The lowest BCUT2D eigenvalue weighted by Crippen LogP contribution is -2.45. The van der Waals surface area contributed by atoms with E-state index in [2.05, 4.69) is 31.3 Å². The predicted octanol–water partition coefficient (Wildman–Crippen LogP) is 6.02. The summed E-state index contributed by atoms with van der Waals surface area (Å²) in [5.41, 5.74) is 3.45. The molecule has 1 amide bonds. The second kappa shape index (κ2) is 10.8. The van der Waals surface area contributed by atoms with Gasteiger partial charge in [-0.2, -0.15) is 0 Å². The van der Waals surface area contributed by atoms with Crippen LogP contribution in [0.25, 0.3) is 0 Å². The van der Waals surface area contributed by atoms with Crippen LogP contribution in [0, 0.1) is 13.8 Å². The van der Waals surface area contributed by atoms with E-state index in [1.165, 1.54) is 29.8 Å². The number of carbonyl (C=O) groups excluding carboxylic acids is 1. The molecule has 1 unspecified atom stereocenters. The van der Waals surface area contributed by atoms with Gasteiger partial charge in [-0.05, 0) is 85.7 Å². The van der Waals surface area contributed by atoms with Crippen molar-refractivity contribution in [3.63, 3.8) is 0 Å². The Bertz CT molecular complexity index is 1270. The summed E-state index contributed by atoms with van der Waals surface area (Å²) in [6.07, 6.45) is 0.705. The van der Waals surface area contributed by atoms with Crippen molar-refractivity contribution in [2.45, 2.75) is 57.4 Å². The van der Waals surface area contributed by atoms with Crippen molar-refractivity contribution in [2.75, 3.05) is 10.8 Å². The van der Waals surface area contributed by atoms with Gasteiger partial charge in [0, 0.05) is 11.1 Å². The van der Waals surface area contributed by atoms with Crippen molar-refractivity contribution in [2.24, 2.45) is 0 Å². The Morgan fingerprint density at radius 3 is 2.20 bits per heavy atom. The number of nitrogens with one attached hydrogen (secondary N) is 1. The highest BCUT2D eigenvalue weighted by Gasteiger charge is 2.29. The smallest absolute Gasteiger partial charge is 0.264 e. The van der Waals surface area contributed by atoms with E-state index in [1.807, 2.05) is 45.0 Å². The molecule has 0 aliphatic heterocycles. The summed E-state index contributed by atoms with van der Waals surface area (Å²) in [6.45, 7) is 9.76. The molecule has 3 rings (SSSR count). The third-order valence-electron chi connectivity index (χ3n) is 6.25. The number of anilines is 1. The number of halogens is 1. The Hall–Kier alpha value is -2.83. The summed E-state index contributed by atoms with van der Waals surface area (Å²) in [5.74, 6) is -0.364. The summed E-state index contributed by atoms with van der Waals surface area (Å²) < 4.78 is 28.3. The van der Waals surface area contributed by atoms with Crippen LogP contribution in [0.4, 0.5) is 5.69 Å². The first-order chi connectivity index (χ1) is 16.4. The van der Waals surface area contributed by atoms with Crippen molar-refractivity contribution < 1.29 is 13.2 Å². The van der Waals surface area contributed by atoms with Gasteiger partial charge in [-0.1, -0.05) is 61.8 Å². The molecular formula is C28H33ClN2O3S. The van der Waals surface area contributed by atoms with Gasteiger partial charge in [0.05, 0.1) is 10.6 Å². The molecule has 1 N–H and O–H groups in total. The minimum Gasteiger partial charge on any atom is -0.352 e. The molecule has 1 atom stereocenters. The molecule has 7 heteroatoms. The van der Waals surface area contributed by atoms with Crippen LogP contribution in [-0.4, -0.2) is 26.9 Å². The lowest BCUT2D eigenvalue weighted by Gasteiger charge is -2.30. The number of sulfonamides is 1. The van der Waals surface area contributed by atoms with Crippen LogP contribution in [0.1, 0.15) is 43.9 Å². The molecule has 0 bridgehead atoms.